The van der Waals surface area contributed by atoms with Gasteiger partial charge in [0.05, 0.1) is 5.69 Å². The summed E-state index contributed by atoms with van der Waals surface area (Å²) >= 11 is 1.26. The third kappa shape index (κ3) is 2.94. The molecule has 5 heteroatoms. The average molecular weight is 249 g/mol. The Kier molecular flexibility index (Phi) is 3.58. The highest BCUT2D eigenvalue weighted by Crippen LogP contribution is 2.29. The summed E-state index contributed by atoms with van der Waals surface area (Å²) in [5.41, 5.74) is 7.60. The molecule has 0 atom stereocenters. The van der Waals surface area contributed by atoms with Crippen molar-refractivity contribution >= 4 is 17.2 Å². The highest BCUT2D eigenvalue weighted by Gasteiger charge is 2.07. The maximum atomic E-state index is 5.87. The minimum Gasteiger partial charge on any atom is -0.428 e. The van der Waals surface area contributed by atoms with E-state index in [1.807, 2.05) is 25.1 Å². The lowest BCUT2D eigenvalue weighted by molar-refractivity contribution is 0.479. The Morgan fingerprint density at radius 1 is 1.41 bits per heavy atom. The molecule has 4 nitrogen and oxygen atoms in total. The standard InChI is InChI=1S/C12H15N3OS/c1-3-4-11-14-12(17-15-11)16-10-6-5-8(2)7-9(10)13/h5-7H,3-4,13H2,1-2H3. The van der Waals surface area contributed by atoms with Gasteiger partial charge in [-0.1, -0.05) is 13.0 Å². The number of nitrogens with zero attached hydrogens (tertiary/aromatic N) is 2. The maximum Gasteiger partial charge on any atom is 0.298 e. The van der Waals surface area contributed by atoms with Crippen LogP contribution in [0.3, 0.4) is 0 Å². The summed E-state index contributed by atoms with van der Waals surface area (Å²) in [5.74, 6) is 1.47. The fourth-order valence-corrected chi connectivity index (χ4v) is 2.05. The zero-order valence-corrected chi connectivity index (χ0v) is 10.8. The molecular formula is C12H15N3OS. The zero-order chi connectivity index (χ0) is 12.3. The normalized spacial score (nSPS) is 10.5. The summed E-state index contributed by atoms with van der Waals surface area (Å²) in [6.45, 7) is 4.09. The van der Waals surface area contributed by atoms with Crippen LogP contribution in [0.4, 0.5) is 5.69 Å². The number of hydrogen-bond donors (Lipinski definition) is 1. The number of nitrogens with two attached hydrogens (primary N) is 1. The van der Waals surface area contributed by atoms with Crippen molar-refractivity contribution in [3.05, 3.63) is 29.6 Å². The molecule has 2 N–H and O–H groups in total. The second-order valence-corrected chi connectivity index (χ2v) is 4.58. The van der Waals surface area contributed by atoms with E-state index in [0.717, 1.165) is 24.2 Å². The zero-order valence-electron chi connectivity index (χ0n) is 9.93. The van der Waals surface area contributed by atoms with Gasteiger partial charge in [-0.2, -0.15) is 9.36 Å². The molecule has 0 aliphatic rings. The molecule has 0 radical (unpaired) electrons. The first-order valence-electron chi connectivity index (χ1n) is 5.55. The summed E-state index contributed by atoms with van der Waals surface area (Å²) in [4.78, 5) is 4.29. The number of nitrogen functional groups attached to an aromatic ring is 1. The van der Waals surface area contributed by atoms with Crippen LogP contribution >= 0.6 is 11.5 Å². The van der Waals surface area contributed by atoms with Gasteiger partial charge in [-0.3, -0.25) is 0 Å². The molecule has 0 aliphatic heterocycles. The van der Waals surface area contributed by atoms with Crippen LogP contribution in [0.5, 0.6) is 10.9 Å². The lowest BCUT2D eigenvalue weighted by atomic mass is 10.2. The van der Waals surface area contributed by atoms with E-state index in [0.29, 0.717) is 16.6 Å². The Labute approximate surface area is 105 Å². The Morgan fingerprint density at radius 2 is 2.24 bits per heavy atom. The fourth-order valence-electron chi connectivity index (χ4n) is 1.46. The Morgan fingerprint density at radius 3 is 2.94 bits per heavy atom. The van der Waals surface area contributed by atoms with E-state index in [2.05, 4.69) is 16.3 Å². The molecule has 90 valence electrons. The molecule has 0 amide bonds. The van der Waals surface area contributed by atoms with Gasteiger partial charge in [0.1, 0.15) is 5.82 Å². The molecular weight excluding hydrogens is 234 g/mol. The van der Waals surface area contributed by atoms with Crippen molar-refractivity contribution in [2.75, 3.05) is 5.73 Å². The lowest BCUT2D eigenvalue weighted by Crippen LogP contribution is -1.93. The molecule has 0 fully saturated rings. The average Bonchev–Trinajstić information content (AvgIpc) is 2.71. The van der Waals surface area contributed by atoms with E-state index in [-0.39, 0.29) is 0 Å². The van der Waals surface area contributed by atoms with E-state index in [9.17, 15) is 0 Å². The molecule has 1 heterocycles. The van der Waals surface area contributed by atoms with Gasteiger partial charge >= 0.3 is 0 Å². The van der Waals surface area contributed by atoms with E-state index >= 15 is 0 Å². The van der Waals surface area contributed by atoms with Gasteiger partial charge in [0.2, 0.25) is 0 Å². The van der Waals surface area contributed by atoms with E-state index < -0.39 is 0 Å². The predicted molar refractivity (Wildman–Crippen MR) is 69.6 cm³/mol. The van der Waals surface area contributed by atoms with Gasteiger partial charge < -0.3 is 10.5 Å². The SMILES string of the molecule is CCCc1nsc(Oc2ccc(C)cc2N)n1. The second-order valence-electron chi connectivity index (χ2n) is 3.87. The van der Waals surface area contributed by atoms with Crippen molar-refractivity contribution in [1.29, 1.82) is 0 Å². The quantitative estimate of drug-likeness (QED) is 0.845. The predicted octanol–water partition coefficient (Wildman–Crippen LogP) is 3.17. The van der Waals surface area contributed by atoms with Gasteiger partial charge in [0.25, 0.3) is 5.19 Å². The number of hydrogen-bond acceptors (Lipinski definition) is 5. The smallest absolute Gasteiger partial charge is 0.298 e. The number of rotatable bonds is 4. The first kappa shape index (κ1) is 11.9. The Hall–Kier alpha value is -1.62. The molecule has 17 heavy (non-hydrogen) atoms. The van der Waals surface area contributed by atoms with Gasteiger partial charge in [0.15, 0.2) is 5.75 Å². The fraction of sp³-hybridized carbons (Fsp3) is 0.333. The molecule has 0 saturated carbocycles. The third-order valence-electron chi connectivity index (χ3n) is 2.29. The second kappa shape index (κ2) is 5.14. The third-order valence-corrected chi connectivity index (χ3v) is 2.92. The van der Waals surface area contributed by atoms with E-state index in [4.69, 9.17) is 10.5 Å². The van der Waals surface area contributed by atoms with Crippen molar-refractivity contribution < 1.29 is 4.74 Å². The largest absolute Gasteiger partial charge is 0.428 e. The number of aromatic nitrogens is 2. The van der Waals surface area contributed by atoms with Crippen LogP contribution in [0.25, 0.3) is 0 Å². The molecule has 1 aromatic carbocycles. The van der Waals surface area contributed by atoms with Gasteiger partial charge in [0, 0.05) is 18.0 Å². The topological polar surface area (TPSA) is 61.0 Å². The van der Waals surface area contributed by atoms with Gasteiger partial charge in [-0.25, -0.2) is 0 Å². The number of aryl methyl sites for hydroxylation is 2. The van der Waals surface area contributed by atoms with Crippen molar-refractivity contribution in [3.63, 3.8) is 0 Å². The monoisotopic (exact) mass is 249 g/mol. The van der Waals surface area contributed by atoms with Crippen LogP contribution in [0.1, 0.15) is 24.7 Å². The lowest BCUT2D eigenvalue weighted by Gasteiger charge is -2.05. The molecule has 2 rings (SSSR count). The van der Waals surface area contributed by atoms with E-state index in [1.54, 1.807) is 0 Å². The van der Waals surface area contributed by atoms with Crippen LogP contribution in [-0.4, -0.2) is 9.36 Å². The van der Waals surface area contributed by atoms with Crippen molar-refractivity contribution in [2.45, 2.75) is 26.7 Å². The molecule has 0 unspecified atom stereocenters. The van der Waals surface area contributed by atoms with Crippen LogP contribution in [0.15, 0.2) is 18.2 Å². The number of benzene rings is 1. The first-order chi connectivity index (χ1) is 8.19. The molecule has 0 aliphatic carbocycles. The van der Waals surface area contributed by atoms with Crippen molar-refractivity contribution in [2.24, 2.45) is 0 Å². The summed E-state index contributed by atoms with van der Waals surface area (Å²) in [6, 6.07) is 5.69. The molecule has 1 aromatic heterocycles. The highest BCUT2D eigenvalue weighted by atomic mass is 32.1. The highest BCUT2D eigenvalue weighted by molar-refractivity contribution is 7.07. The summed E-state index contributed by atoms with van der Waals surface area (Å²) in [6.07, 6.45) is 1.91. The molecule has 0 spiro atoms. The molecule has 0 bridgehead atoms. The van der Waals surface area contributed by atoms with Gasteiger partial charge in [-0.15, -0.1) is 0 Å². The number of ether oxygens (including phenoxy) is 1. The minimum absolute atomic E-state index is 0.545. The summed E-state index contributed by atoms with van der Waals surface area (Å²) in [7, 11) is 0. The van der Waals surface area contributed by atoms with Crippen LogP contribution in [-0.2, 0) is 6.42 Å². The molecule has 0 saturated heterocycles. The minimum atomic E-state index is 0.545. The van der Waals surface area contributed by atoms with Crippen molar-refractivity contribution in [1.82, 2.24) is 9.36 Å². The van der Waals surface area contributed by atoms with Crippen molar-refractivity contribution in [3.8, 4) is 10.9 Å². The molecule has 2 aromatic rings. The van der Waals surface area contributed by atoms with Crippen LogP contribution < -0.4 is 10.5 Å². The first-order valence-corrected chi connectivity index (χ1v) is 6.33. The van der Waals surface area contributed by atoms with Crippen LogP contribution in [0, 0.1) is 6.92 Å². The Bertz CT molecular complexity index is 510. The summed E-state index contributed by atoms with van der Waals surface area (Å²) < 4.78 is 9.83. The summed E-state index contributed by atoms with van der Waals surface area (Å²) in [5, 5.41) is 0.545. The van der Waals surface area contributed by atoms with Crippen LogP contribution in [0.2, 0.25) is 0 Å². The maximum absolute atomic E-state index is 5.87. The van der Waals surface area contributed by atoms with E-state index in [1.165, 1.54) is 11.5 Å². The Balaban J connectivity index is 2.13. The number of anilines is 1. The van der Waals surface area contributed by atoms with Gasteiger partial charge in [-0.05, 0) is 31.0 Å².